The first-order valence-electron chi connectivity index (χ1n) is 32.3. The van der Waals surface area contributed by atoms with Crippen molar-refractivity contribution in [2.24, 2.45) is 0 Å². The number of anilines is 9. The average molecular weight is 1230 g/mol. The maximum atomic E-state index is 2.70. The molecule has 13 aromatic rings. The lowest BCUT2D eigenvalue weighted by Crippen LogP contribution is -2.75. The van der Waals surface area contributed by atoms with Crippen LogP contribution in [-0.2, 0) is 21.7 Å². The molecule has 448 valence electrons. The summed E-state index contributed by atoms with van der Waals surface area (Å²) in [6.45, 7) is 27.7. The van der Waals surface area contributed by atoms with Crippen LogP contribution < -0.4 is 51.1 Å². The summed E-state index contributed by atoms with van der Waals surface area (Å²) in [7, 11) is -3.23. The Morgan fingerprint density at radius 1 is 0.330 bits per heavy atom. The summed E-state index contributed by atoms with van der Waals surface area (Å²) in [5.74, 6) is 0. The molecule has 0 amide bonds. The molecule has 3 nitrogen and oxygen atoms in total. The fraction of sp³-hybridized carbons (Fsp3) is 0.190. The zero-order chi connectivity index (χ0) is 62.9. The molecule has 2 aliphatic rings. The van der Waals surface area contributed by atoms with E-state index in [1.807, 2.05) is 22.7 Å². The monoisotopic (exact) mass is 1230 g/mol. The third-order valence-corrected chi connectivity index (χ3v) is 26.5. The van der Waals surface area contributed by atoms with Crippen LogP contribution in [0.25, 0.3) is 30.3 Å². The smallest absolute Gasteiger partial charge is 0.264 e. The summed E-state index contributed by atoms with van der Waals surface area (Å²) in [6, 6.07) is 99.1. The molecule has 0 fully saturated rings. The number of rotatable bonds is 9. The van der Waals surface area contributed by atoms with Gasteiger partial charge in [0.1, 0.15) is 0 Å². The zero-order valence-electron chi connectivity index (χ0n) is 54.5. The third kappa shape index (κ3) is 9.89. The molecule has 0 radical (unpaired) electrons. The van der Waals surface area contributed by atoms with E-state index < -0.39 is 8.07 Å². The largest absolute Gasteiger partial charge is 0.311 e. The van der Waals surface area contributed by atoms with Crippen molar-refractivity contribution in [1.29, 1.82) is 0 Å². The number of hydrogen-bond acceptors (Lipinski definition) is 5. The third-order valence-electron chi connectivity index (χ3n) is 19.4. The quantitative estimate of drug-likeness (QED) is 0.105. The van der Waals surface area contributed by atoms with E-state index in [9.17, 15) is 0 Å². The van der Waals surface area contributed by atoms with E-state index in [0.717, 1.165) is 28.4 Å². The van der Waals surface area contributed by atoms with Crippen LogP contribution in [0, 0.1) is 0 Å². The standard InChI is InChI=1S/C84H78BN3S2Si/c1-81(2,3)55-32-39-59(40-33-55)86(60-41-34-56(35-42-60)82(4,5)6)62-46-48-71-72(51-62)87(63-45-47-69-68-30-22-23-31-75(68)89-77(69)52-63)73-53-67(91(64-24-16-13-17-25-64,65-26-18-14-19-27-65)66-28-20-15-21-29-66)54-74-78(73)85(71)80-79(70-50-58(84(10,11)12)38-49-76(70)90-80)88(74)61-43-36-57(37-44-61)83(7,8)9/h13-54H,1-12H3. The van der Waals surface area contributed by atoms with Crippen LogP contribution in [0.3, 0.4) is 0 Å². The van der Waals surface area contributed by atoms with Gasteiger partial charge in [-0.25, -0.2) is 0 Å². The van der Waals surface area contributed by atoms with Gasteiger partial charge in [0, 0.05) is 80.5 Å². The summed E-state index contributed by atoms with van der Waals surface area (Å²) in [5, 5.41) is 9.22. The van der Waals surface area contributed by atoms with Crippen molar-refractivity contribution in [1.82, 2.24) is 0 Å². The van der Waals surface area contributed by atoms with E-state index >= 15 is 0 Å². The molecule has 91 heavy (non-hydrogen) atoms. The molecule has 4 heterocycles. The topological polar surface area (TPSA) is 9.72 Å². The van der Waals surface area contributed by atoms with Crippen LogP contribution in [0.1, 0.15) is 105 Å². The molecule has 0 atom stereocenters. The zero-order valence-corrected chi connectivity index (χ0v) is 57.1. The minimum absolute atomic E-state index is 0.00214. The Balaban J connectivity index is 1.10. The lowest BCUT2D eigenvalue weighted by molar-refractivity contribution is 0.590. The summed E-state index contributed by atoms with van der Waals surface area (Å²) in [5.41, 5.74) is 18.3. The highest BCUT2D eigenvalue weighted by atomic mass is 32.1. The maximum Gasteiger partial charge on any atom is 0.264 e. The van der Waals surface area contributed by atoms with Crippen molar-refractivity contribution in [2.45, 2.75) is 105 Å². The molecule has 2 aliphatic heterocycles. The molecule has 0 unspecified atom stereocenters. The van der Waals surface area contributed by atoms with Gasteiger partial charge in [-0.3, -0.25) is 0 Å². The van der Waals surface area contributed by atoms with Gasteiger partial charge < -0.3 is 14.7 Å². The Bertz CT molecular complexity index is 4750. The Morgan fingerprint density at radius 3 is 1.32 bits per heavy atom. The van der Waals surface area contributed by atoms with Crippen LogP contribution in [0.15, 0.2) is 255 Å². The van der Waals surface area contributed by atoms with Gasteiger partial charge in [-0.1, -0.05) is 247 Å². The normalized spacial score (nSPS) is 13.4. The molecule has 0 bridgehead atoms. The van der Waals surface area contributed by atoms with Crippen molar-refractivity contribution in [2.75, 3.05) is 14.7 Å². The van der Waals surface area contributed by atoms with Gasteiger partial charge >= 0.3 is 0 Å². The molecule has 2 aromatic heterocycles. The van der Waals surface area contributed by atoms with Crippen LogP contribution in [-0.4, -0.2) is 14.8 Å². The van der Waals surface area contributed by atoms with Crippen LogP contribution in [0.4, 0.5) is 51.2 Å². The van der Waals surface area contributed by atoms with Gasteiger partial charge in [-0.2, -0.15) is 0 Å². The Hall–Kier alpha value is -8.72. The van der Waals surface area contributed by atoms with Crippen LogP contribution in [0.5, 0.6) is 0 Å². The highest BCUT2D eigenvalue weighted by Crippen LogP contribution is 2.51. The Morgan fingerprint density at radius 2 is 0.780 bits per heavy atom. The van der Waals surface area contributed by atoms with Crippen LogP contribution >= 0.6 is 22.7 Å². The van der Waals surface area contributed by atoms with Gasteiger partial charge in [0.25, 0.3) is 6.71 Å². The van der Waals surface area contributed by atoms with Crippen molar-refractivity contribution < 1.29 is 0 Å². The van der Waals surface area contributed by atoms with Gasteiger partial charge in [0.15, 0.2) is 8.07 Å². The second kappa shape index (κ2) is 21.7. The van der Waals surface area contributed by atoms with Crippen molar-refractivity contribution in [3.8, 4) is 0 Å². The molecule has 0 N–H and O–H groups in total. The number of benzene rings is 11. The SMILES string of the molecule is CC(C)(C)c1ccc(N(c2ccc(C(C)(C)C)cc2)c2ccc3c(c2)N(c2ccc4c(c2)sc2ccccc24)c2cc([Si](c4ccccc4)(c4ccccc4)c4ccccc4)cc4c2B3c2sc3ccc(C(C)(C)C)cc3c2N4c2ccc(C(C)(C)C)cc2)cc1. The fourth-order valence-corrected chi connectivity index (χ4v) is 21.8. The Kier molecular flexibility index (Phi) is 14.0. The number of nitrogens with zero attached hydrogens (tertiary/aromatic N) is 3. The summed E-state index contributed by atoms with van der Waals surface area (Å²) >= 11 is 3.87. The minimum Gasteiger partial charge on any atom is -0.311 e. The number of thiophene rings is 2. The van der Waals surface area contributed by atoms with Crippen molar-refractivity contribution in [3.63, 3.8) is 0 Å². The molecule has 0 saturated heterocycles. The van der Waals surface area contributed by atoms with Gasteiger partial charge in [0.2, 0.25) is 0 Å². The lowest BCUT2D eigenvalue weighted by Gasteiger charge is -2.45. The van der Waals surface area contributed by atoms with E-state index in [2.05, 4.69) is 353 Å². The second-order valence-electron chi connectivity index (χ2n) is 29.4. The lowest BCUT2D eigenvalue weighted by atomic mass is 9.36. The molecule has 0 spiro atoms. The highest BCUT2D eigenvalue weighted by Gasteiger charge is 2.49. The number of fused-ring (bicyclic) bond motifs is 9. The number of hydrogen-bond donors (Lipinski definition) is 0. The predicted octanol–water partition coefficient (Wildman–Crippen LogP) is 19.4. The molecular formula is C84H78BN3S2Si. The average Bonchev–Trinajstić information content (AvgIpc) is 1.67. The van der Waals surface area contributed by atoms with Crippen LogP contribution in [0.2, 0.25) is 0 Å². The fourth-order valence-electron chi connectivity index (χ4n) is 14.5. The highest BCUT2D eigenvalue weighted by molar-refractivity contribution is 7.34. The first kappa shape index (κ1) is 58.6. The Labute approximate surface area is 548 Å². The first-order chi connectivity index (χ1) is 43.6. The molecule has 11 aromatic carbocycles. The minimum atomic E-state index is -3.23. The predicted molar refractivity (Wildman–Crippen MR) is 402 cm³/mol. The molecule has 7 heteroatoms. The summed E-state index contributed by atoms with van der Waals surface area (Å²) < 4.78 is 5.23. The van der Waals surface area contributed by atoms with E-state index in [1.165, 1.54) is 112 Å². The van der Waals surface area contributed by atoms with E-state index in [4.69, 9.17) is 0 Å². The first-order valence-corrected chi connectivity index (χ1v) is 36.0. The summed E-state index contributed by atoms with van der Waals surface area (Å²) in [4.78, 5) is 7.87. The summed E-state index contributed by atoms with van der Waals surface area (Å²) in [6.07, 6.45) is 0. The van der Waals surface area contributed by atoms with Gasteiger partial charge in [-0.15, -0.1) is 22.7 Å². The van der Waals surface area contributed by atoms with Crippen molar-refractivity contribution in [3.05, 3.63) is 277 Å². The molecule has 0 aliphatic carbocycles. The second-order valence-corrected chi connectivity index (χ2v) is 35.4. The molecular weight excluding hydrogens is 1150 g/mol. The maximum absolute atomic E-state index is 3.23. The molecule has 0 saturated carbocycles. The van der Waals surface area contributed by atoms with Gasteiger partial charge in [0.05, 0.1) is 5.69 Å². The van der Waals surface area contributed by atoms with Crippen molar-refractivity contribution >= 4 is 155 Å². The molecule has 15 rings (SSSR count). The van der Waals surface area contributed by atoms with E-state index in [-0.39, 0.29) is 28.4 Å². The van der Waals surface area contributed by atoms with Gasteiger partial charge in [-0.05, 0) is 167 Å². The van der Waals surface area contributed by atoms with E-state index in [1.54, 1.807) is 0 Å². The van der Waals surface area contributed by atoms with E-state index in [0.29, 0.717) is 0 Å².